The van der Waals surface area contributed by atoms with Gasteiger partial charge in [0.1, 0.15) is 0 Å². The number of hydrogen-bond donors (Lipinski definition) is 1. The number of methoxy groups -OCH3 is 1. The molecule has 0 amide bonds. The van der Waals surface area contributed by atoms with Crippen LogP contribution >= 0.6 is 0 Å². The molecule has 0 bridgehead atoms. The van der Waals surface area contributed by atoms with E-state index >= 15 is 0 Å². The average molecular weight is 265 g/mol. The number of ether oxygens (including phenoxy) is 1. The van der Waals surface area contributed by atoms with Gasteiger partial charge >= 0.3 is 0 Å². The van der Waals surface area contributed by atoms with Crippen molar-refractivity contribution in [3.8, 4) is 0 Å². The summed E-state index contributed by atoms with van der Waals surface area (Å²) in [6, 6.07) is 0. The Bertz CT molecular complexity index is 300. The molecule has 17 heavy (non-hydrogen) atoms. The minimum absolute atomic E-state index is 0.608. The number of nitrogens with one attached hydrogen (secondary N) is 1. The maximum Gasteiger partial charge on any atom is 0.211 e. The van der Waals surface area contributed by atoms with E-state index in [9.17, 15) is 8.42 Å². The second-order valence-corrected chi connectivity index (χ2v) is 6.23. The van der Waals surface area contributed by atoms with E-state index < -0.39 is 10.0 Å². The van der Waals surface area contributed by atoms with Crippen molar-refractivity contribution in [3.05, 3.63) is 0 Å². The normalized spacial score (nSPS) is 19.6. The second kappa shape index (κ2) is 7.27. The SMILES string of the molecule is COCCNCCN1CCN(S(C)(=O)=O)CC1. The molecule has 102 valence electrons. The number of nitrogens with zero attached hydrogens (tertiary/aromatic N) is 2. The third-order valence-electron chi connectivity index (χ3n) is 2.89. The topological polar surface area (TPSA) is 61.9 Å². The third kappa shape index (κ3) is 5.78. The average Bonchev–Trinajstić information content (AvgIpc) is 2.28. The van der Waals surface area contributed by atoms with E-state index in [1.807, 2.05) is 0 Å². The van der Waals surface area contributed by atoms with Gasteiger partial charge in [0, 0.05) is 52.9 Å². The maximum atomic E-state index is 11.3. The molecule has 7 heteroatoms. The minimum atomic E-state index is -3.01. The molecular weight excluding hydrogens is 242 g/mol. The largest absolute Gasteiger partial charge is 0.383 e. The van der Waals surface area contributed by atoms with Gasteiger partial charge in [-0.3, -0.25) is 4.90 Å². The summed E-state index contributed by atoms with van der Waals surface area (Å²) < 4.78 is 29.1. The molecule has 1 saturated heterocycles. The molecule has 1 aliphatic heterocycles. The van der Waals surface area contributed by atoms with E-state index in [4.69, 9.17) is 4.74 Å². The lowest BCUT2D eigenvalue weighted by molar-refractivity contribution is 0.180. The number of piperazine rings is 1. The molecule has 0 spiro atoms. The van der Waals surface area contributed by atoms with Gasteiger partial charge in [0.2, 0.25) is 10.0 Å². The number of hydrogen-bond acceptors (Lipinski definition) is 5. The highest BCUT2D eigenvalue weighted by atomic mass is 32.2. The van der Waals surface area contributed by atoms with Crippen LogP contribution in [0, 0.1) is 0 Å². The highest BCUT2D eigenvalue weighted by Crippen LogP contribution is 2.04. The Kier molecular flexibility index (Phi) is 6.35. The van der Waals surface area contributed by atoms with E-state index in [0.29, 0.717) is 13.1 Å². The van der Waals surface area contributed by atoms with Crippen molar-refractivity contribution in [2.45, 2.75) is 0 Å². The molecule has 0 aromatic carbocycles. The predicted octanol–water partition coefficient (Wildman–Crippen LogP) is -1.20. The molecule has 1 heterocycles. The zero-order valence-electron chi connectivity index (χ0n) is 10.7. The van der Waals surface area contributed by atoms with Crippen molar-refractivity contribution < 1.29 is 13.2 Å². The zero-order chi connectivity index (χ0) is 12.7. The van der Waals surface area contributed by atoms with E-state index in [1.54, 1.807) is 11.4 Å². The summed E-state index contributed by atoms with van der Waals surface area (Å²) >= 11 is 0. The predicted molar refractivity (Wildman–Crippen MR) is 67.6 cm³/mol. The minimum Gasteiger partial charge on any atom is -0.383 e. The molecule has 0 aromatic heterocycles. The lowest BCUT2D eigenvalue weighted by Crippen LogP contribution is -2.49. The van der Waals surface area contributed by atoms with Gasteiger partial charge in [-0.1, -0.05) is 0 Å². The smallest absolute Gasteiger partial charge is 0.211 e. The highest BCUT2D eigenvalue weighted by molar-refractivity contribution is 7.88. The molecule has 0 unspecified atom stereocenters. The van der Waals surface area contributed by atoms with Crippen molar-refractivity contribution in [3.63, 3.8) is 0 Å². The van der Waals surface area contributed by atoms with E-state index in [0.717, 1.165) is 39.3 Å². The lowest BCUT2D eigenvalue weighted by Gasteiger charge is -2.33. The Balaban J connectivity index is 2.11. The van der Waals surface area contributed by atoms with Crippen molar-refractivity contribution in [1.82, 2.24) is 14.5 Å². The van der Waals surface area contributed by atoms with E-state index in [2.05, 4.69) is 10.2 Å². The summed E-state index contributed by atoms with van der Waals surface area (Å²) in [6.07, 6.45) is 1.27. The standard InChI is InChI=1S/C10H23N3O3S/c1-16-10-4-11-3-5-12-6-8-13(9-7-12)17(2,14)15/h11H,3-10H2,1-2H3. The van der Waals surface area contributed by atoms with Crippen LogP contribution < -0.4 is 5.32 Å². The first-order valence-corrected chi connectivity index (χ1v) is 7.76. The molecule has 0 aromatic rings. The summed E-state index contributed by atoms with van der Waals surface area (Å²) in [6.45, 7) is 6.32. The second-order valence-electron chi connectivity index (χ2n) is 4.25. The zero-order valence-corrected chi connectivity index (χ0v) is 11.5. The van der Waals surface area contributed by atoms with Gasteiger partial charge in [-0.15, -0.1) is 0 Å². The van der Waals surface area contributed by atoms with E-state index in [-0.39, 0.29) is 0 Å². The molecule has 0 saturated carbocycles. The summed E-state index contributed by atoms with van der Waals surface area (Å²) in [5, 5.41) is 3.28. The highest BCUT2D eigenvalue weighted by Gasteiger charge is 2.22. The van der Waals surface area contributed by atoms with Crippen LogP contribution in [0.15, 0.2) is 0 Å². The van der Waals surface area contributed by atoms with Crippen molar-refractivity contribution >= 4 is 10.0 Å². The Hall–Kier alpha value is -0.210. The van der Waals surface area contributed by atoms with Crippen LogP contribution in [0.25, 0.3) is 0 Å². The summed E-state index contributed by atoms with van der Waals surface area (Å²) in [4.78, 5) is 2.28. The summed E-state index contributed by atoms with van der Waals surface area (Å²) in [5.41, 5.74) is 0. The van der Waals surface area contributed by atoms with Gasteiger partial charge in [0.05, 0.1) is 12.9 Å². The van der Waals surface area contributed by atoms with Gasteiger partial charge in [-0.05, 0) is 0 Å². The first-order valence-electron chi connectivity index (χ1n) is 5.91. The molecule has 1 aliphatic rings. The fourth-order valence-corrected chi connectivity index (χ4v) is 2.65. The molecule has 1 rings (SSSR count). The summed E-state index contributed by atoms with van der Waals surface area (Å²) in [7, 11) is -1.32. The fourth-order valence-electron chi connectivity index (χ4n) is 1.82. The van der Waals surface area contributed by atoms with Gasteiger partial charge < -0.3 is 10.1 Å². The summed E-state index contributed by atoms with van der Waals surface area (Å²) in [5.74, 6) is 0. The Morgan fingerprint density at radius 3 is 2.35 bits per heavy atom. The van der Waals surface area contributed by atoms with Gasteiger partial charge in [-0.2, -0.15) is 4.31 Å². The maximum absolute atomic E-state index is 11.3. The first-order chi connectivity index (χ1) is 8.04. The Morgan fingerprint density at radius 1 is 1.18 bits per heavy atom. The van der Waals surface area contributed by atoms with E-state index in [1.165, 1.54) is 6.26 Å². The molecular formula is C10H23N3O3S. The van der Waals surface area contributed by atoms with Crippen LogP contribution in [0.4, 0.5) is 0 Å². The van der Waals surface area contributed by atoms with Crippen LogP contribution in [0.5, 0.6) is 0 Å². The molecule has 0 radical (unpaired) electrons. The fraction of sp³-hybridized carbons (Fsp3) is 1.00. The molecule has 6 nitrogen and oxygen atoms in total. The monoisotopic (exact) mass is 265 g/mol. The molecule has 0 aliphatic carbocycles. The van der Waals surface area contributed by atoms with Crippen molar-refractivity contribution in [2.24, 2.45) is 0 Å². The van der Waals surface area contributed by atoms with Gasteiger partial charge in [-0.25, -0.2) is 8.42 Å². The van der Waals surface area contributed by atoms with Gasteiger partial charge in [0.15, 0.2) is 0 Å². The van der Waals surface area contributed by atoms with Crippen molar-refractivity contribution in [2.75, 3.05) is 65.8 Å². The Morgan fingerprint density at radius 2 is 1.82 bits per heavy atom. The molecule has 1 fully saturated rings. The van der Waals surface area contributed by atoms with Crippen LogP contribution in [0.3, 0.4) is 0 Å². The van der Waals surface area contributed by atoms with Gasteiger partial charge in [0.25, 0.3) is 0 Å². The van der Waals surface area contributed by atoms with Crippen LogP contribution in [-0.4, -0.2) is 83.4 Å². The first kappa shape index (κ1) is 14.8. The van der Waals surface area contributed by atoms with Crippen LogP contribution in [0.1, 0.15) is 0 Å². The van der Waals surface area contributed by atoms with Crippen molar-refractivity contribution in [1.29, 1.82) is 0 Å². The quantitative estimate of drug-likeness (QED) is 0.586. The van der Waals surface area contributed by atoms with Crippen LogP contribution in [0.2, 0.25) is 0 Å². The lowest BCUT2D eigenvalue weighted by atomic mass is 10.3. The molecule has 1 N–H and O–H groups in total. The number of rotatable bonds is 7. The van der Waals surface area contributed by atoms with Crippen LogP contribution in [-0.2, 0) is 14.8 Å². The number of sulfonamides is 1. The Labute approximate surface area is 104 Å². The third-order valence-corrected chi connectivity index (χ3v) is 4.19. The molecule has 0 atom stereocenters.